The number of aryl methyl sites for hydroxylation is 1. The van der Waals surface area contributed by atoms with Gasteiger partial charge in [0, 0.05) is 13.1 Å². The Morgan fingerprint density at radius 1 is 1.20 bits per heavy atom. The highest BCUT2D eigenvalue weighted by Gasteiger charge is 2.26. The first-order valence-electron chi connectivity index (χ1n) is 8.52. The zero-order valence-electron chi connectivity index (χ0n) is 14.9. The third-order valence-electron chi connectivity index (χ3n) is 4.18. The zero-order chi connectivity index (χ0) is 17.8. The first-order valence-corrected chi connectivity index (χ1v) is 9.51. The van der Waals surface area contributed by atoms with Gasteiger partial charge >= 0.3 is 0 Å². The molecule has 1 amide bonds. The minimum atomic E-state index is 0.0849. The van der Waals surface area contributed by atoms with Gasteiger partial charge in [-0.25, -0.2) is 0 Å². The molecule has 134 valence electrons. The molecular formula is C18H24N4O2S. The van der Waals surface area contributed by atoms with Crippen LogP contribution in [0.2, 0.25) is 0 Å². The van der Waals surface area contributed by atoms with E-state index in [4.69, 9.17) is 4.74 Å². The number of amides is 1. The summed E-state index contributed by atoms with van der Waals surface area (Å²) in [5.41, 5.74) is 1.19. The van der Waals surface area contributed by atoms with E-state index in [0.29, 0.717) is 25.4 Å². The molecule has 0 spiro atoms. The van der Waals surface area contributed by atoms with E-state index in [2.05, 4.69) is 26.9 Å². The Bertz CT molecular complexity index is 709. The van der Waals surface area contributed by atoms with Gasteiger partial charge in [0.05, 0.1) is 24.5 Å². The van der Waals surface area contributed by atoms with E-state index in [0.717, 1.165) is 11.0 Å². The summed E-state index contributed by atoms with van der Waals surface area (Å²) in [6.45, 7) is 7.96. The Morgan fingerprint density at radius 3 is 2.56 bits per heavy atom. The number of carbonyl (C=O) groups excluding carboxylic acids is 1. The molecule has 2 unspecified atom stereocenters. The molecule has 1 aromatic carbocycles. The lowest BCUT2D eigenvalue weighted by atomic mass is 10.2. The van der Waals surface area contributed by atoms with E-state index >= 15 is 0 Å². The molecular weight excluding hydrogens is 336 g/mol. The molecule has 0 radical (unpaired) electrons. The summed E-state index contributed by atoms with van der Waals surface area (Å²) in [5, 5.41) is 9.20. The third-order valence-corrected chi connectivity index (χ3v) is 5.13. The minimum absolute atomic E-state index is 0.0849. The predicted octanol–water partition coefficient (Wildman–Crippen LogP) is 2.36. The van der Waals surface area contributed by atoms with Gasteiger partial charge in [-0.15, -0.1) is 10.2 Å². The Hall–Kier alpha value is -1.86. The van der Waals surface area contributed by atoms with Crippen molar-refractivity contribution < 1.29 is 9.53 Å². The summed E-state index contributed by atoms with van der Waals surface area (Å²) in [4.78, 5) is 14.4. The molecule has 1 saturated heterocycles. The van der Waals surface area contributed by atoms with Crippen LogP contribution in [0.15, 0.2) is 35.5 Å². The molecule has 1 aliphatic heterocycles. The molecule has 6 nitrogen and oxygen atoms in total. The maximum atomic E-state index is 12.5. The number of morpholine rings is 1. The molecule has 2 aromatic rings. The number of nitrogens with zero attached hydrogens (tertiary/aromatic N) is 4. The van der Waals surface area contributed by atoms with Gasteiger partial charge in [-0.2, -0.15) is 0 Å². The Morgan fingerprint density at radius 2 is 1.88 bits per heavy atom. The molecule has 1 aromatic heterocycles. The number of ether oxygens (including phenoxy) is 1. The average Bonchev–Trinajstić information content (AvgIpc) is 2.93. The van der Waals surface area contributed by atoms with Crippen LogP contribution in [-0.2, 0) is 16.1 Å². The molecule has 1 aliphatic rings. The third kappa shape index (κ3) is 4.61. The molecule has 0 aliphatic carbocycles. The van der Waals surface area contributed by atoms with Crippen molar-refractivity contribution in [1.82, 2.24) is 19.7 Å². The molecule has 0 bridgehead atoms. The fourth-order valence-corrected chi connectivity index (χ4v) is 3.90. The fraction of sp³-hybridized carbons (Fsp3) is 0.500. The quantitative estimate of drug-likeness (QED) is 0.766. The van der Waals surface area contributed by atoms with E-state index in [1.165, 1.54) is 17.3 Å². The number of hydrogen-bond donors (Lipinski definition) is 0. The topological polar surface area (TPSA) is 60.3 Å². The van der Waals surface area contributed by atoms with Crippen LogP contribution in [0.4, 0.5) is 0 Å². The van der Waals surface area contributed by atoms with Gasteiger partial charge in [0.25, 0.3) is 0 Å². The van der Waals surface area contributed by atoms with Crippen LogP contribution in [0.25, 0.3) is 0 Å². The van der Waals surface area contributed by atoms with Crippen LogP contribution in [0.5, 0.6) is 0 Å². The second-order valence-corrected chi connectivity index (χ2v) is 7.39. The van der Waals surface area contributed by atoms with E-state index in [1.807, 2.05) is 43.9 Å². The summed E-state index contributed by atoms with van der Waals surface area (Å²) in [6.07, 6.45) is 0.170. The second kappa shape index (κ2) is 8.01. The lowest BCUT2D eigenvalue weighted by molar-refractivity contribution is -0.140. The highest BCUT2D eigenvalue weighted by molar-refractivity contribution is 7.99. The summed E-state index contributed by atoms with van der Waals surface area (Å²) >= 11 is 1.45. The van der Waals surface area contributed by atoms with Crippen LogP contribution < -0.4 is 0 Å². The van der Waals surface area contributed by atoms with E-state index < -0.39 is 0 Å². The molecule has 25 heavy (non-hydrogen) atoms. The number of thioether (sulfide) groups is 1. The molecule has 2 heterocycles. The lowest BCUT2D eigenvalue weighted by Gasteiger charge is -2.35. The molecule has 3 rings (SSSR count). The number of aromatic nitrogens is 3. The number of carbonyl (C=O) groups is 1. The number of benzene rings is 1. The van der Waals surface area contributed by atoms with Crippen LogP contribution in [0, 0.1) is 6.92 Å². The SMILES string of the molecule is Cc1nnc(SCC(=O)N2CC(C)OC(C)C2)n1Cc1ccccc1. The summed E-state index contributed by atoms with van der Waals surface area (Å²) < 4.78 is 7.74. The van der Waals surface area contributed by atoms with Gasteiger partial charge in [0.15, 0.2) is 5.16 Å². The lowest BCUT2D eigenvalue weighted by Crippen LogP contribution is -2.48. The van der Waals surface area contributed by atoms with Crippen molar-refractivity contribution in [1.29, 1.82) is 0 Å². The molecule has 7 heteroatoms. The van der Waals surface area contributed by atoms with Crippen molar-refractivity contribution >= 4 is 17.7 Å². The normalized spacial score (nSPS) is 20.7. The monoisotopic (exact) mass is 360 g/mol. The summed E-state index contributed by atoms with van der Waals surface area (Å²) in [7, 11) is 0. The van der Waals surface area contributed by atoms with E-state index in [1.54, 1.807) is 0 Å². The molecule has 0 saturated carbocycles. The Balaban J connectivity index is 1.63. The number of rotatable bonds is 5. The Kier molecular flexibility index (Phi) is 5.75. The van der Waals surface area contributed by atoms with Crippen molar-refractivity contribution in [2.45, 2.75) is 44.7 Å². The molecule has 2 atom stereocenters. The highest BCUT2D eigenvalue weighted by Crippen LogP contribution is 2.20. The number of hydrogen-bond acceptors (Lipinski definition) is 5. The summed E-state index contributed by atoms with van der Waals surface area (Å²) in [6, 6.07) is 10.2. The van der Waals surface area contributed by atoms with Gasteiger partial charge in [0.2, 0.25) is 5.91 Å². The van der Waals surface area contributed by atoms with Crippen LogP contribution in [-0.4, -0.2) is 56.6 Å². The summed E-state index contributed by atoms with van der Waals surface area (Å²) in [5.74, 6) is 1.35. The van der Waals surface area contributed by atoms with Gasteiger partial charge in [0.1, 0.15) is 5.82 Å². The van der Waals surface area contributed by atoms with Gasteiger partial charge in [-0.05, 0) is 26.3 Å². The molecule has 0 N–H and O–H groups in total. The van der Waals surface area contributed by atoms with Crippen molar-refractivity contribution in [3.05, 3.63) is 41.7 Å². The highest BCUT2D eigenvalue weighted by atomic mass is 32.2. The fourth-order valence-electron chi connectivity index (χ4n) is 3.02. The van der Waals surface area contributed by atoms with Crippen LogP contribution >= 0.6 is 11.8 Å². The van der Waals surface area contributed by atoms with Crippen LogP contribution in [0.1, 0.15) is 25.2 Å². The van der Waals surface area contributed by atoms with Crippen molar-refractivity contribution in [3.8, 4) is 0 Å². The van der Waals surface area contributed by atoms with Gasteiger partial charge < -0.3 is 14.2 Å². The first kappa shape index (κ1) is 17.9. The minimum Gasteiger partial charge on any atom is -0.372 e. The second-order valence-electron chi connectivity index (χ2n) is 6.45. The zero-order valence-corrected chi connectivity index (χ0v) is 15.7. The smallest absolute Gasteiger partial charge is 0.233 e. The maximum Gasteiger partial charge on any atom is 0.233 e. The van der Waals surface area contributed by atoms with Gasteiger partial charge in [-0.3, -0.25) is 4.79 Å². The largest absolute Gasteiger partial charge is 0.372 e. The molecule has 1 fully saturated rings. The van der Waals surface area contributed by atoms with E-state index in [-0.39, 0.29) is 18.1 Å². The Labute approximate surface area is 152 Å². The van der Waals surface area contributed by atoms with E-state index in [9.17, 15) is 4.79 Å². The van der Waals surface area contributed by atoms with Crippen LogP contribution in [0.3, 0.4) is 0 Å². The average molecular weight is 360 g/mol. The van der Waals surface area contributed by atoms with Crippen molar-refractivity contribution in [3.63, 3.8) is 0 Å². The van der Waals surface area contributed by atoms with Crippen molar-refractivity contribution in [2.75, 3.05) is 18.8 Å². The standard InChI is InChI=1S/C18H24N4O2S/c1-13-9-21(10-14(2)24-13)17(23)12-25-18-20-19-15(3)22(18)11-16-7-5-4-6-8-16/h4-8,13-14H,9-12H2,1-3H3. The van der Waals surface area contributed by atoms with Gasteiger partial charge in [-0.1, -0.05) is 42.1 Å². The predicted molar refractivity (Wildman–Crippen MR) is 97.6 cm³/mol. The van der Waals surface area contributed by atoms with Crippen molar-refractivity contribution in [2.24, 2.45) is 0 Å². The first-order chi connectivity index (χ1) is 12.0. The maximum absolute atomic E-state index is 12.5.